The first-order chi connectivity index (χ1) is 7.27. The Hall–Kier alpha value is -1.85. The van der Waals surface area contributed by atoms with E-state index in [2.05, 4.69) is 16.8 Å². The molecule has 0 saturated carbocycles. The standard InChI is InChI=1S/C13H11NO/c1-10(15)6-7-12-9-14-8-11-4-2-3-5-13(11)12/h2-5,8-10,15H,1H3. The van der Waals surface area contributed by atoms with Crippen LogP contribution in [0.25, 0.3) is 10.8 Å². The predicted molar refractivity (Wildman–Crippen MR) is 60.3 cm³/mol. The third-order valence-corrected chi connectivity index (χ3v) is 2.08. The highest BCUT2D eigenvalue weighted by molar-refractivity contribution is 5.87. The Morgan fingerprint density at radius 3 is 2.87 bits per heavy atom. The van der Waals surface area contributed by atoms with Crippen LogP contribution in [-0.2, 0) is 0 Å². The largest absolute Gasteiger partial charge is 0.381 e. The molecular formula is C13H11NO. The summed E-state index contributed by atoms with van der Waals surface area (Å²) >= 11 is 0. The van der Waals surface area contributed by atoms with Crippen LogP contribution in [-0.4, -0.2) is 16.2 Å². The fourth-order valence-electron chi connectivity index (χ4n) is 1.40. The second-order valence-corrected chi connectivity index (χ2v) is 3.35. The quantitative estimate of drug-likeness (QED) is 0.655. The zero-order valence-corrected chi connectivity index (χ0v) is 8.44. The Kier molecular flexibility index (Phi) is 2.66. The third kappa shape index (κ3) is 2.15. The lowest BCUT2D eigenvalue weighted by Gasteiger charge is -1.98. The smallest absolute Gasteiger partial charge is 0.112 e. The van der Waals surface area contributed by atoms with Crippen LogP contribution in [0.1, 0.15) is 12.5 Å². The van der Waals surface area contributed by atoms with Crippen LogP contribution < -0.4 is 0 Å². The van der Waals surface area contributed by atoms with E-state index in [4.69, 9.17) is 5.11 Å². The van der Waals surface area contributed by atoms with Gasteiger partial charge in [0.15, 0.2) is 0 Å². The van der Waals surface area contributed by atoms with Gasteiger partial charge in [0.25, 0.3) is 0 Å². The van der Waals surface area contributed by atoms with Gasteiger partial charge < -0.3 is 5.11 Å². The van der Waals surface area contributed by atoms with Gasteiger partial charge in [0.05, 0.1) is 5.56 Å². The molecule has 2 rings (SSSR count). The minimum atomic E-state index is -0.607. The Morgan fingerprint density at radius 1 is 1.27 bits per heavy atom. The number of rotatable bonds is 0. The number of aliphatic hydroxyl groups is 1. The van der Waals surface area contributed by atoms with Gasteiger partial charge in [0.2, 0.25) is 0 Å². The van der Waals surface area contributed by atoms with Crippen molar-refractivity contribution in [2.45, 2.75) is 13.0 Å². The van der Waals surface area contributed by atoms with Crippen molar-refractivity contribution < 1.29 is 5.11 Å². The molecule has 74 valence electrons. The molecule has 0 aliphatic heterocycles. The summed E-state index contributed by atoms with van der Waals surface area (Å²) in [5.74, 6) is 5.64. The van der Waals surface area contributed by atoms with Gasteiger partial charge in [-0.2, -0.15) is 0 Å². The molecule has 1 N–H and O–H groups in total. The molecule has 0 saturated heterocycles. The van der Waals surface area contributed by atoms with Crippen molar-refractivity contribution in [1.29, 1.82) is 0 Å². The van der Waals surface area contributed by atoms with Crippen molar-refractivity contribution in [2.24, 2.45) is 0 Å². The van der Waals surface area contributed by atoms with Crippen molar-refractivity contribution in [1.82, 2.24) is 4.98 Å². The van der Waals surface area contributed by atoms with Crippen molar-refractivity contribution in [3.05, 3.63) is 42.2 Å². The minimum absolute atomic E-state index is 0.607. The maximum Gasteiger partial charge on any atom is 0.112 e. The number of hydrogen-bond acceptors (Lipinski definition) is 2. The second-order valence-electron chi connectivity index (χ2n) is 3.35. The van der Waals surface area contributed by atoms with Gasteiger partial charge in [-0.05, 0) is 6.92 Å². The molecule has 0 aliphatic rings. The van der Waals surface area contributed by atoms with Gasteiger partial charge in [-0.15, -0.1) is 0 Å². The molecule has 0 aliphatic carbocycles. The lowest BCUT2D eigenvalue weighted by molar-refractivity contribution is 0.253. The summed E-state index contributed by atoms with van der Waals surface area (Å²) in [7, 11) is 0. The van der Waals surface area contributed by atoms with E-state index in [1.165, 1.54) is 0 Å². The van der Waals surface area contributed by atoms with E-state index < -0.39 is 6.10 Å². The van der Waals surface area contributed by atoms with Gasteiger partial charge in [-0.3, -0.25) is 4.98 Å². The zero-order valence-electron chi connectivity index (χ0n) is 8.44. The van der Waals surface area contributed by atoms with Gasteiger partial charge >= 0.3 is 0 Å². The van der Waals surface area contributed by atoms with Gasteiger partial charge in [-0.25, -0.2) is 0 Å². The molecule has 1 heterocycles. The number of aromatic nitrogens is 1. The molecule has 2 heteroatoms. The normalized spacial score (nSPS) is 11.9. The van der Waals surface area contributed by atoms with Crippen molar-refractivity contribution >= 4 is 10.8 Å². The van der Waals surface area contributed by atoms with Gasteiger partial charge in [0.1, 0.15) is 6.10 Å². The summed E-state index contributed by atoms with van der Waals surface area (Å²) in [6.07, 6.45) is 2.92. The summed E-state index contributed by atoms with van der Waals surface area (Å²) in [5, 5.41) is 11.2. The SMILES string of the molecule is CC(O)C#Cc1cncc2ccccc12. The molecule has 1 aromatic heterocycles. The highest BCUT2D eigenvalue weighted by Crippen LogP contribution is 2.15. The first kappa shape index (κ1) is 9.70. The van der Waals surface area contributed by atoms with Crippen LogP contribution >= 0.6 is 0 Å². The Bertz CT molecular complexity index is 529. The highest BCUT2D eigenvalue weighted by Gasteiger charge is 1.97. The van der Waals surface area contributed by atoms with Crippen LogP contribution in [0, 0.1) is 11.8 Å². The van der Waals surface area contributed by atoms with Crippen molar-refractivity contribution in [3.8, 4) is 11.8 Å². The molecule has 0 fully saturated rings. The number of fused-ring (bicyclic) bond motifs is 1. The first-order valence-corrected chi connectivity index (χ1v) is 4.80. The summed E-state index contributed by atoms with van der Waals surface area (Å²) < 4.78 is 0. The molecule has 0 amide bonds. The maximum absolute atomic E-state index is 9.09. The Labute approximate surface area is 88.6 Å². The summed E-state index contributed by atoms with van der Waals surface area (Å²) in [6.45, 7) is 1.64. The lowest BCUT2D eigenvalue weighted by Crippen LogP contribution is -1.93. The van der Waals surface area contributed by atoms with Crippen LogP contribution in [0.5, 0.6) is 0 Å². The topological polar surface area (TPSA) is 33.1 Å². The molecule has 15 heavy (non-hydrogen) atoms. The van der Waals surface area contributed by atoms with E-state index in [0.717, 1.165) is 16.3 Å². The van der Waals surface area contributed by atoms with E-state index in [1.807, 2.05) is 30.5 Å². The average Bonchev–Trinajstić information content (AvgIpc) is 2.26. The number of pyridine rings is 1. The average molecular weight is 197 g/mol. The first-order valence-electron chi connectivity index (χ1n) is 4.80. The van der Waals surface area contributed by atoms with Crippen LogP contribution in [0.3, 0.4) is 0 Å². The third-order valence-electron chi connectivity index (χ3n) is 2.08. The molecule has 2 nitrogen and oxygen atoms in total. The lowest BCUT2D eigenvalue weighted by atomic mass is 10.1. The maximum atomic E-state index is 9.09. The van der Waals surface area contributed by atoms with Crippen molar-refractivity contribution in [3.63, 3.8) is 0 Å². The zero-order chi connectivity index (χ0) is 10.7. The van der Waals surface area contributed by atoms with Crippen LogP contribution in [0.15, 0.2) is 36.7 Å². The Balaban J connectivity index is 2.58. The number of aliphatic hydroxyl groups excluding tert-OH is 1. The molecule has 1 aromatic carbocycles. The molecule has 1 atom stereocenters. The van der Waals surface area contributed by atoms with E-state index in [9.17, 15) is 0 Å². The number of hydrogen-bond donors (Lipinski definition) is 1. The predicted octanol–water partition coefficient (Wildman–Crippen LogP) is 1.97. The molecule has 2 aromatic rings. The second kappa shape index (κ2) is 4.12. The van der Waals surface area contributed by atoms with Crippen LogP contribution in [0.2, 0.25) is 0 Å². The van der Waals surface area contributed by atoms with E-state index in [1.54, 1.807) is 13.1 Å². The van der Waals surface area contributed by atoms with Gasteiger partial charge in [-0.1, -0.05) is 36.1 Å². The molecule has 0 radical (unpaired) electrons. The van der Waals surface area contributed by atoms with Crippen LogP contribution in [0.4, 0.5) is 0 Å². The summed E-state index contributed by atoms with van der Waals surface area (Å²) in [4.78, 5) is 4.11. The van der Waals surface area contributed by atoms with Gasteiger partial charge in [0, 0.05) is 23.2 Å². The van der Waals surface area contributed by atoms with E-state index >= 15 is 0 Å². The van der Waals surface area contributed by atoms with Crippen molar-refractivity contribution in [2.75, 3.05) is 0 Å². The number of benzene rings is 1. The van der Waals surface area contributed by atoms with E-state index in [0.29, 0.717) is 0 Å². The molecule has 0 bridgehead atoms. The fourth-order valence-corrected chi connectivity index (χ4v) is 1.40. The molecule has 0 spiro atoms. The van der Waals surface area contributed by atoms with E-state index in [-0.39, 0.29) is 0 Å². The fraction of sp³-hybridized carbons (Fsp3) is 0.154. The highest BCUT2D eigenvalue weighted by atomic mass is 16.3. The number of nitrogens with zero attached hydrogens (tertiary/aromatic N) is 1. The Morgan fingerprint density at radius 2 is 2.07 bits per heavy atom. The minimum Gasteiger partial charge on any atom is -0.381 e. The molecule has 1 unspecified atom stereocenters. The monoisotopic (exact) mass is 197 g/mol. The molecular weight excluding hydrogens is 186 g/mol. The summed E-state index contributed by atoms with van der Waals surface area (Å²) in [5.41, 5.74) is 0.856. The summed E-state index contributed by atoms with van der Waals surface area (Å²) in [6, 6.07) is 7.94.